The van der Waals surface area contributed by atoms with Crippen LogP contribution in [0.4, 0.5) is 5.69 Å². The van der Waals surface area contributed by atoms with Gasteiger partial charge in [0.2, 0.25) is 10.0 Å². The Bertz CT molecular complexity index is 588. The van der Waals surface area contributed by atoms with Crippen LogP contribution < -0.4 is 10.5 Å². The summed E-state index contributed by atoms with van der Waals surface area (Å²) >= 11 is 5.90. The quantitative estimate of drug-likeness (QED) is 0.751. The molecule has 0 aliphatic rings. The van der Waals surface area contributed by atoms with E-state index in [4.69, 9.17) is 22.1 Å². The monoisotopic (exact) mass is 334 g/mol. The number of hydrogen-bond acceptors (Lipinski definition) is 4. The Hall–Kier alpha value is -0.820. The third kappa shape index (κ3) is 4.85. The molecule has 7 heteroatoms. The molecule has 1 atom stereocenters. The molecule has 1 aromatic rings. The summed E-state index contributed by atoms with van der Waals surface area (Å²) in [6.45, 7) is 8.31. The highest BCUT2D eigenvalue weighted by Crippen LogP contribution is 2.26. The summed E-state index contributed by atoms with van der Waals surface area (Å²) in [7, 11) is -3.67. The van der Waals surface area contributed by atoms with Crippen molar-refractivity contribution in [2.24, 2.45) is 5.92 Å². The van der Waals surface area contributed by atoms with Gasteiger partial charge in [-0.05, 0) is 37.5 Å². The van der Waals surface area contributed by atoms with Gasteiger partial charge in [-0.1, -0.05) is 25.4 Å². The first-order valence-electron chi connectivity index (χ1n) is 6.84. The Balaban J connectivity index is 3.07. The fraction of sp³-hybridized carbons (Fsp3) is 0.571. The van der Waals surface area contributed by atoms with Gasteiger partial charge in [0.15, 0.2) is 0 Å². The molecule has 1 unspecified atom stereocenters. The first-order chi connectivity index (χ1) is 9.69. The number of hydrogen-bond donors (Lipinski definition) is 2. The summed E-state index contributed by atoms with van der Waals surface area (Å²) in [5.74, 6) is 0.108. The predicted molar refractivity (Wildman–Crippen MR) is 86.0 cm³/mol. The van der Waals surface area contributed by atoms with E-state index < -0.39 is 10.0 Å². The second kappa shape index (κ2) is 7.45. The Morgan fingerprint density at radius 3 is 2.52 bits per heavy atom. The molecule has 0 radical (unpaired) electrons. The number of halogens is 1. The molecule has 1 aromatic carbocycles. The van der Waals surface area contributed by atoms with Gasteiger partial charge in [0.05, 0.1) is 22.2 Å². The van der Waals surface area contributed by atoms with Crippen molar-refractivity contribution in [1.82, 2.24) is 4.72 Å². The van der Waals surface area contributed by atoms with Gasteiger partial charge in [-0.15, -0.1) is 0 Å². The lowest BCUT2D eigenvalue weighted by Crippen LogP contribution is -2.42. The maximum absolute atomic E-state index is 12.5. The van der Waals surface area contributed by atoms with E-state index in [0.29, 0.717) is 23.8 Å². The molecule has 120 valence electrons. The minimum Gasteiger partial charge on any atom is -0.397 e. The topological polar surface area (TPSA) is 81.4 Å². The Morgan fingerprint density at radius 1 is 1.38 bits per heavy atom. The van der Waals surface area contributed by atoms with Gasteiger partial charge in [0, 0.05) is 12.6 Å². The number of nitrogens with two attached hydrogens (primary N) is 1. The molecule has 0 saturated heterocycles. The SMILES string of the molecule is CCOCC(NS(=O)(=O)c1cc(N)c(Cl)cc1C)C(C)C. The van der Waals surface area contributed by atoms with Crippen LogP contribution in [0.25, 0.3) is 0 Å². The molecule has 0 amide bonds. The van der Waals surface area contributed by atoms with E-state index in [1.165, 1.54) is 6.07 Å². The third-order valence-corrected chi connectivity index (χ3v) is 5.16. The van der Waals surface area contributed by atoms with Crippen molar-refractivity contribution >= 4 is 27.3 Å². The van der Waals surface area contributed by atoms with Gasteiger partial charge < -0.3 is 10.5 Å². The Labute approximate surface area is 131 Å². The molecule has 0 aromatic heterocycles. The van der Waals surface area contributed by atoms with Crippen LogP contribution in [-0.4, -0.2) is 27.7 Å². The Kier molecular flexibility index (Phi) is 6.46. The maximum atomic E-state index is 12.5. The standard InChI is InChI=1S/C14H23ClN2O3S/c1-5-20-8-13(9(2)3)17-21(18,19)14-7-12(16)11(15)6-10(14)4/h6-7,9,13,17H,5,8,16H2,1-4H3. The summed E-state index contributed by atoms with van der Waals surface area (Å²) < 4.78 is 33.1. The van der Waals surface area contributed by atoms with Gasteiger partial charge in [-0.3, -0.25) is 0 Å². The second-order valence-electron chi connectivity index (χ2n) is 5.27. The number of benzene rings is 1. The van der Waals surface area contributed by atoms with Gasteiger partial charge in [-0.2, -0.15) is 0 Å². The van der Waals surface area contributed by atoms with Gasteiger partial charge in [0.25, 0.3) is 0 Å². The summed E-state index contributed by atoms with van der Waals surface area (Å²) in [4.78, 5) is 0.145. The highest BCUT2D eigenvalue weighted by atomic mass is 35.5. The van der Waals surface area contributed by atoms with Crippen LogP contribution in [0.3, 0.4) is 0 Å². The van der Waals surface area contributed by atoms with Gasteiger partial charge in [-0.25, -0.2) is 13.1 Å². The third-order valence-electron chi connectivity index (χ3n) is 3.20. The summed E-state index contributed by atoms with van der Waals surface area (Å²) in [6, 6.07) is 2.64. The van der Waals surface area contributed by atoms with Gasteiger partial charge in [0.1, 0.15) is 0 Å². The van der Waals surface area contributed by atoms with Crippen LogP contribution in [0, 0.1) is 12.8 Å². The molecule has 0 aliphatic heterocycles. The van der Waals surface area contributed by atoms with E-state index in [2.05, 4.69) is 4.72 Å². The highest BCUT2D eigenvalue weighted by Gasteiger charge is 2.24. The molecule has 5 nitrogen and oxygen atoms in total. The normalized spacial score (nSPS) is 13.6. The lowest BCUT2D eigenvalue weighted by molar-refractivity contribution is 0.116. The largest absolute Gasteiger partial charge is 0.397 e. The summed E-state index contributed by atoms with van der Waals surface area (Å²) in [5, 5.41) is 0.348. The second-order valence-corrected chi connectivity index (χ2v) is 7.36. The lowest BCUT2D eigenvalue weighted by Gasteiger charge is -2.22. The van der Waals surface area contributed by atoms with E-state index in [1.807, 2.05) is 20.8 Å². The average molecular weight is 335 g/mol. The van der Waals surface area contributed by atoms with E-state index in [9.17, 15) is 8.42 Å². The molecule has 0 fully saturated rings. The van der Waals surface area contributed by atoms with Crippen LogP contribution in [0.5, 0.6) is 0 Å². The van der Waals surface area contributed by atoms with Crippen molar-refractivity contribution < 1.29 is 13.2 Å². The molecule has 0 spiro atoms. The van der Waals surface area contributed by atoms with Crippen molar-refractivity contribution in [3.8, 4) is 0 Å². The van der Waals surface area contributed by atoms with E-state index in [1.54, 1.807) is 13.0 Å². The first-order valence-corrected chi connectivity index (χ1v) is 8.70. The zero-order valence-electron chi connectivity index (χ0n) is 12.8. The summed E-state index contributed by atoms with van der Waals surface area (Å²) in [6.07, 6.45) is 0. The van der Waals surface area contributed by atoms with Crippen molar-refractivity contribution in [3.05, 3.63) is 22.7 Å². The smallest absolute Gasteiger partial charge is 0.241 e. The number of anilines is 1. The van der Waals surface area contributed by atoms with Gasteiger partial charge >= 0.3 is 0 Å². The van der Waals surface area contributed by atoms with E-state index in [-0.39, 0.29) is 22.5 Å². The molecule has 21 heavy (non-hydrogen) atoms. The minimum atomic E-state index is -3.67. The zero-order chi connectivity index (χ0) is 16.2. The highest BCUT2D eigenvalue weighted by molar-refractivity contribution is 7.89. The Morgan fingerprint density at radius 2 is 2.00 bits per heavy atom. The van der Waals surface area contributed by atoms with Crippen LogP contribution in [0.15, 0.2) is 17.0 Å². The molecule has 0 bridgehead atoms. The number of rotatable bonds is 7. The average Bonchev–Trinajstić information content (AvgIpc) is 2.38. The summed E-state index contributed by atoms with van der Waals surface area (Å²) in [5.41, 5.74) is 6.51. The van der Waals surface area contributed by atoms with E-state index >= 15 is 0 Å². The molecule has 1 rings (SSSR count). The molecular weight excluding hydrogens is 312 g/mol. The van der Waals surface area contributed by atoms with E-state index in [0.717, 1.165) is 0 Å². The van der Waals surface area contributed by atoms with Crippen molar-refractivity contribution in [2.75, 3.05) is 18.9 Å². The number of nitrogens with one attached hydrogen (secondary N) is 1. The molecule has 3 N–H and O–H groups in total. The molecule has 0 heterocycles. The zero-order valence-corrected chi connectivity index (χ0v) is 14.4. The van der Waals surface area contributed by atoms with Crippen LogP contribution >= 0.6 is 11.6 Å². The first kappa shape index (κ1) is 18.2. The van der Waals surface area contributed by atoms with Crippen molar-refractivity contribution in [1.29, 1.82) is 0 Å². The van der Waals surface area contributed by atoms with Crippen molar-refractivity contribution in [2.45, 2.75) is 38.6 Å². The number of nitrogen functional groups attached to an aromatic ring is 1. The fourth-order valence-electron chi connectivity index (χ4n) is 1.83. The van der Waals surface area contributed by atoms with Crippen molar-refractivity contribution in [3.63, 3.8) is 0 Å². The number of ether oxygens (including phenoxy) is 1. The van der Waals surface area contributed by atoms with Crippen LogP contribution in [-0.2, 0) is 14.8 Å². The predicted octanol–water partition coefficient (Wildman–Crippen LogP) is 2.57. The number of aryl methyl sites for hydroxylation is 1. The molecular formula is C14H23ClN2O3S. The van der Waals surface area contributed by atoms with Crippen LogP contribution in [0.1, 0.15) is 26.3 Å². The molecule has 0 saturated carbocycles. The lowest BCUT2D eigenvalue weighted by atomic mass is 10.1. The van der Waals surface area contributed by atoms with Crippen LogP contribution in [0.2, 0.25) is 5.02 Å². The minimum absolute atomic E-state index is 0.108. The fourth-order valence-corrected chi connectivity index (χ4v) is 3.68. The number of sulfonamides is 1. The maximum Gasteiger partial charge on any atom is 0.241 e. The molecule has 0 aliphatic carbocycles.